The van der Waals surface area contributed by atoms with E-state index in [-0.39, 0.29) is 11.1 Å². The molecule has 0 saturated heterocycles. The fourth-order valence-electron chi connectivity index (χ4n) is 3.03. The Hall–Kier alpha value is -2.62. The maximum atomic E-state index is 12.2. The van der Waals surface area contributed by atoms with Crippen molar-refractivity contribution in [1.29, 1.82) is 0 Å². The molecular weight excluding hydrogens is 252 g/mol. The predicted octanol–water partition coefficient (Wildman–Crippen LogP) is 2.37. The van der Waals surface area contributed by atoms with Crippen molar-refractivity contribution in [2.24, 2.45) is 0 Å². The van der Waals surface area contributed by atoms with Gasteiger partial charge < -0.3 is 9.55 Å². The molecule has 98 valence electrons. The number of para-hydroxylation sites is 1. The van der Waals surface area contributed by atoms with E-state index in [4.69, 9.17) is 0 Å². The van der Waals surface area contributed by atoms with Crippen LogP contribution < -0.4 is 5.56 Å². The van der Waals surface area contributed by atoms with Gasteiger partial charge in [0.15, 0.2) is 6.29 Å². The summed E-state index contributed by atoms with van der Waals surface area (Å²) in [5.41, 5.74) is 4.19. The van der Waals surface area contributed by atoms with Gasteiger partial charge in [-0.15, -0.1) is 0 Å². The molecule has 0 atom stereocenters. The Morgan fingerprint density at radius 1 is 1.15 bits per heavy atom. The summed E-state index contributed by atoms with van der Waals surface area (Å²) < 4.78 is 1.68. The van der Waals surface area contributed by atoms with E-state index in [0.29, 0.717) is 12.8 Å². The summed E-state index contributed by atoms with van der Waals surface area (Å²) in [6.45, 7) is 0.616. The van der Waals surface area contributed by atoms with Crippen LogP contribution in [-0.2, 0) is 13.0 Å². The monoisotopic (exact) mass is 264 g/mol. The van der Waals surface area contributed by atoms with Crippen LogP contribution in [0.3, 0.4) is 0 Å². The number of aryl methyl sites for hydroxylation is 1. The van der Waals surface area contributed by atoms with E-state index in [1.165, 1.54) is 10.9 Å². The third kappa shape index (κ3) is 1.36. The van der Waals surface area contributed by atoms with Gasteiger partial charge in [-0.3, -0.25) is 9.59 Å². The Labute approximate surface area is 114 Å². The first-order valence-electron chi connectivity index (χ1n) is 6.58. The first-order chi connectivity index (χ1) is 9.79. The van der Waals surface area contributed by atoms with Gasteiger partial charge in [0, 0.05) is 17.4 Å². The summed E-state index contributed by atoms with van der Waals surface area (Å²) in [5.74, 6) is 0. The summed E-state index contributed by atoms with van der Waals surface area (Å²) in [7, 11) is 0. The minimum atomic E-state index is -0.207. The fourth-order valence-corrected chi connectivity index (χ4v) is 3.03. The minimum Gasteiger partial charge on any atom is -0.353 e. The van der Waals surface area contributed by atoms with Crippen molar-refractivity contribution >= 4 is 17.2 Å². The molecule has 0 unspecified atom stereocenters. The van der Waals surface area contributed by atoms with Crippen LogP contribution >= 0.6 is 0 Å². The molecule has 1 aliphatic rings. The summed E-state index contributed by atoms with van der Waals surface area (Å²) in [5, 5.41) is 1.21. The number of benzene rings is 1. The number of rotatable bonds is 1. The number of H-pyrrole nitrogens is 1. The van der Waals surface area contributed by atoms with Crippen LogP contribution in [0.15, 0.2) is 41.2 Å². The fraction of sp³-hybridized carbons (Fsp3) is 0.125. The molecule has 0 spiro atoms. The standard InChI is InChI=1S/C16H12N2O2/c19-9-10-5-6-14-15-12(7-8-18(14)16(10)20)11-3-1-2-4-13(11)17-15/h1-6,9,17H,7-8H2. The molecule has 0 aliphatic carbocycles. The molecule has 20 heavy (non-hydrogen) atoms. The number of hydrogen-bond donors (Lipinski definition) is 1. The Morgan fingerprint density at radius 3 is 2.85 bits per heavy atom. The summed E-state index contributed by atoms with van der Waals surface area (Å²) in [6, 6.07) is 11.6. The third-order valence-corrected chi connectivity index (χ3v) is 3.99. The van der Waals surface area contributed by atoms with E-state index < -0.39 is 0 Å². The van der Waals surface area contributed by atoms with E-state index in [0.717, 1.165) is 23.3 Å². The van der Waals surface area contributed by atoms with Crippen LogP contribution in [0.2, 0.25) is 0 Å². The van der Waals surface area contributed by atoms with Crippen LogP contribution in [0.25, 0.3) is 22.3 Å². The number of nitrogens with zero attached hydrogens (tertiary/aromatic N) is 1. The van der Waals surface area contributed by atoms with E-state index in [9.17, 15) is 9.59 Å². The van der Waals surface area contributed by atoms with E-state index in [1.807, 2.05) is 24.3 Å². The summed E-state index contributed by atoms with van der Waals surface area (Å²) >= 11 is 0. The van der Waals surface area contributed by atoms with Crippen molar-refractivity contribution in [3.05, 3.63) is 57.9 Å². The van der Waals surface area contributed by atoms with Gasteiger partial charge in [0.2, 0.25) is 0 Å². The number of fused-ring (bicyclic) bond motifs is 5. The SMILES string of the molecule is O=Cc1ccc2n(c1=O)CCc1c-2[nH]c2ccccc12. The average molecular weight is 264 g/mol. The Kier molecular flexibility index (Phi) is 2.21. The van der Waals surface area contributed by atoms with Crippen LogP contribution in [0, 0.1) is 0 Å². The van der Waals surface area contributed by atoms with Gasteiger partial charge in [0.1, 0.15) is 0 Å². The number of carbonyl (C=O) groups excluding carboxylic acids is 1. The molecule has 0 fully saturated rings. The van der Waals surface area contributed by atoms with E-state index in [2.05, 4.69) is 11.1 Å². The highest BCUT2D eigenvalue weighted by Crippen LogP contribution is 2.33. The highest BCUT2D eigenvalue weighted by Gasteiger charge is 2.21. The number of nitrogens with one attached hydrogen (secondary N) is 1. The smallest absolute Gasteiger partial charge is 0.261 e. The zero-order chi connectivity index (χ0) is 13.7. The number of aromatic nitrogens is 2. The Bertz CT molecular complexity index is 902. The van der Waals surface area contributed by atoms with Gasteiger partial charge in [-0.25, -0.2) is 0 Å². The Balaban J connectivity index is 2.07. The molecule has 0 radical (unpaired) electrons. The van der Waals surface area contributed by atoms with E-state index >= 15 is 0 Å². The molecule has 0 saturated carbocycles. The molecule has 3 aromatic rings. The lowest BCUT2D eigenvalue weighted by atomic mass is 10.0. The minimum absolute atomic E-state index is 0.207. The van der Waals surface area contributed by atoms with Gasteiger partial charge in [0.05, 0.1) is 17.0 Å². The number of carbonyl (C=O) groups is 1. The average Bonchev–Trinajstić information content (AvgIpc) is 2.86. The molecule has 1 aliphatic heterocycles. The van der Waals surface area contributed by atoms with E-state index in [1.54, 1.807) is 10.6 Å². The molecule has 0 amide bonds. The molecular formula is C16H12N2O2. The van der Waals surface area contributed by atoms with Gasteiger partial charge >= 0.3 is 0 Å². The first kappa shape index (κ1) is 11.2. The highest BCUT2D eigenvalue weighted by atomic mass is 16.1. The molecule has 1 N–H and O–H groups in total. The van der Waals surface area contributed by atoms with Crippen LogP contribution in [-0.4, -0.2) is 15.8 Å². The second kappa shape index (κ2) is 3.93. The lowest BCUT2D eigenvalue weighted by molar-refractivity contribution is 0.112. The Morgan fingerprint density at radius 2 is 2.00 bits per heavy atom. The van der Waals surface area contributed by atoms with Crippen molar-refractivity contribution in [3.8, 4) is 11.4 Å². The van der Waals surface area contributed by atoms with Gasteiger partial charge in [-0.05, 0) is 30.2 Å². The second-order valence-electron chi connectivity index (χ2n) is 5.02. The molecule has 3 heterocycles. The van der Waals surface area contributed by atoms with Gasteiger partial charge in [0.25, 0.3) is 5.56 Å². The quantitative estimate of drug-likeness (QED) is 0.686. The number of aromatic amines is 1. The molecule has 4 rings (SSSR count). The van der Waals surface area contributed by atoms with Crippen LogP contribution in [0.4, 0.5) is 0 Å². The molecule has 4 heteroatoms. The highest BCUT2D eigenvalue weighted by molar-refractivity contribution is 5.91. The number of pyridine rings is 1. The third-order valence-electron chi connectivity index (χ3n) is 3.99. The van der Waals surface area contributed by atoms with Crippen LogP contribution in [0.5, 0.6) is 0 Å². The van der Waals surface area contributed by atoms with Gasteiger partial charge in [-0.1, -0.05) is 18.2 Å². The van der Waals surface area contributed by atoms with Gasteiger partial charge in [-0.2, -0.15) is 0 Å². The van der Waals surface area contributed by atoms with Crippen molar-refractivity contribution < 1.29 is 4.79 Å². The topological polar surface area (TPSA) is 54.9 Å². The van der Waals surface area contributed by atoms with Crippen LogP contribution in [0.1, 0.15) is 15.9 Å². The summed E-state index contributed by atoms with van der Waals surface area (Å²) in [6.07, 6.45) is 1.42. The maximum Gasteiger partial charge on any atom is 0.261 e. The molecule has 4 nitrogen and oxygen atoms in total. The lowest BCUT2D eigenvalue weighted by Crippen LogP contribution is -2.28. The first-order valence-corrected chi connectivity index (χ1v) is 6.58. The normalized spacial score (nSPS) is 13.0. The van der Waals surface area contributed by atoms with Crippen molar-refractivity contribution in [1.82, 2.24) is 9.55 Å². The van der Waals surface area contributed by atoms with Crippen molar-refractivity contribution in [3.63, 3.8) is 0 Å². The number of hydrogen-bond acceptors (Lipinski definition) is 2. The zero-order valence-electron chi connectivity index (χ0n) is 10.7. The molecule has 2 aromatic heterocycles. The molecule has 0 bridgehead atoms. The lowest BCUT2D eigenvalue weighted by Gasteiger charge is -2.19. The second-order valence-corrected chi connectivity index (χ2v) is 5.02. The summed E-state index contributed by atoms with van der Waals surface area (Å²) in [4.78, 5) is 26.5. The predicted molar refractivity (Wildman–Crippen MR) is 77.1 cm³/mol. The maximum absolute atomic E-state index is 12.2. The zero-order valence-corrected chi connectivity index (χ0v) is 10.7. The molecule has 1 aromatic carbocycles. The van der Waals surface area contributed by atoms with Crippen molar-refractivity contribution in [2.45, 2.75) is 13.0 Å². The largest absolute Gasteiger partial charge is 0.353 e. The van der Waals surface area contributed by atoms with Crippen molar-refractivity contribution in [2.75, 3.05) is 0 Å². The number of aldehydes is 1.